The number of aromatic nitrogens is 1. The third kappa shape index (κ3) is 3.75. The van der Waals surface area contributed by atoms with Crippen LogP contribution in [0.4, 0.5) is 0 Å². The summed E-state index contributed by atoms with van der Waals surface area (Å²) in [4.78, 5) is 12.8. The molecular weight excluding hydrogens is 336 g/mol. The van der Waals surface area contributed by atoms with Crippen molar-refractivity contribution in [2.75, 3.05) is 0 Å². The maximum Gasteiger partial charge on any atom is 0.226 e. The summed E-state index contributed by atoms with van der Waals surface area (Å²) in [5, 5.41) is 8.09. The summed E-state index contributed by atoms with van der Waals surface area (Å²) in [5.41, 5.74) is 4.62. The van der Waals surface area contributed by atoms with Crippen LogP contribution in [0.25, 0.3) is 11.0 Å². The number of carbonyl (C=O) groups excluding carboxylic acids is 1. The van der Waals surface area contributed by atoms with Crippen LogP contribution in [0.15, 0.2) is 83.4 Å². The van der Waals surface area contributed by atoms with Crippen molar-refractivity contribution in [2.24, 2.45) is 0 Å². The molecule has 0 aliphatic rings. The number of para-hydroxylation sites is 1. The Balaban J connectivity index is 1.59. The van der Waals surface area contributed by atoms with Crippen LogP contribution >= 0.6 is 0 Å². The van der Waals surface area contributed by atoms with Gasteiger partial charge in [-0.25, -0.2) is 0 Å². The van der Waals surface area contributed by atoms with Gasteiger partial charge in [0.05, 0.1) is 12.5 Å². The number of benzene rings is 3. The molecule has 1 heterocycles. The Bertz CT molecular complexity index is 1050. The minimum Gasteiger partial charge on any atom is -0.356 e. The first-order valence-corrected chi connectivity index (χ1v) is 8.95. The van der Waals surface area contributed by atoms with Crippen LogP contribution in [0.2, 0.25) is 0 Å². The average molecular weight is 356 g/mol. The van der Waals surface area contributed by atoms with Gasteiger partial charge in [0.25, 0.3) is 0 Å². The lowest BCUT2D eigenvalue weighted by Crippen LogP contribution is -2.30. The first kappa shape index (κ1) is 17.0. The average Bonchev–Trinajstić information content (AvgIpc) is 3.10. The molecule has 4 heteroatoms. The van der Waals surface area contributed by atoms with Crippen molar-refractivity contribution >= 4 is 16.9 Å². The van der Waals surface area contributed by atoms with Gasteiger partial charge in [0, 0.05) is 5.39 Å². The largest absolute Gasteiger partial charge is 0.356 e. The molecule has 1 unspecified atom stereocenters. The van der Waals surface area contributed by atoms with E-state index in [2.05, 4.69) is 41.7 Å². The fourth-order valence-electron chi connectivity index (χ4n) is 3.19. The van der Waals surface area contributed by atoms with Gasteiger partial charge in [0.15, 0.2) is 5.58 Å². The predicted octanol–water partition coefficient (Wildman–Crippen LogP) is 4.58. The number of nitrogens with one attached hydrogen (secondary N) is 1. The number of rotatable bonds is 5. The Morgan fingerprint density at radius 1 is 0.926 bits per heavy atom. The molecule has 0 bridgehead atoms. The molecule has 0 aliphatic carbocycles. The summed E-state index contributed by atoms with van der Waals surface area (Å²) in [6.07, 6.45) is 0.173. The van der Waals surface area contributed by atoms with Crippen molar-refractivity contribution in [1.29, 1.82) is 0 Å². The van der Waals surface area contributed by atoms with Crippen molar-refractivity contribution in [1.82, 2.24) is 10.5 Å². The van der Waals surface area contributed by atoms with Gasteiger partial charge in [0.1, 0.15) is 5.69 Å². The second kappa shape index (κ2) is 7.46. The molecule has 4 rings (SSSR count). The van der Waals surface area contributed by atoms with Crippen LogP contribution in [-0.4, -0.2) is 11.1 Å². The van der Waals surface area contributed by atoms with E-state index in [0.29, 0.717) is 11.3 Å². The Labute approximate surface area is 157 Å². The molecule has 1 aromatic heterocycles. The molecule has 0 fully saturated rings. The quantitative estimate of drug-likeness (QED) is 0.569. The summed E-state index contributed by atoms with van der Waals surface area (Å²) in [7, 11) is 0. The number of carbonyl (C=O) groups is 1. The number of aryl methyl sites for hydroxylation is 1. The third-order valence-electron chi connectivity index (χ3n) is 4.63. The number of hydrogen-bond acceptors (Lipinski definition) is 3. The molecule has 1 amide bonds. The van der Waals surface area contributed by atoms with Crippen LogP contribution in [0, 0.1) is 6.92 Å². The first-order valence-electron chi connectivity index (χ1n) is 8.95. The lowest BCUT2D eigenvalue weighted by Gasteiger charge is -2.20. The van der Waals surface area contributed by atoms with Gasteiger partial charge in [-0.3, -0.25) is 4.79 Å². The Kier molecular flexibility index (Phi) is 4.71. The van der Waals surface area contributed by atoms with E-state index in [1.54, 1.807) is 0 Å². The smallest absolute Gasteiger partial charge is 0.226 e. The van der Waals surface area contributed by atoms with Gasteiger partial charge in [0.2, 0.25) is 5.91 Å². The molecule has 0 saturated carbocycles. The van der Waals surface area contributed by atoms with E-state index in [1.165, 1.54) is 5.56 Å². The van der Waals surface area contributed by atoms with Crippen molar-refractivity contribution in [3.63, 3.8) is 0 Å². The molecule has 0 spiro atoms. The molecule has 4 nitrogen and oxygen atoms in total. The van der Waals surface area contributed by atoms with E-state index in [0.717, 1.165) is 16.5 Å². The summed E-state index contributed by atoms with van der Waals surface area (Å²) in [5.74, 6) is -0.0940. The second-order valence-electron chi connectivity index (χ2n) is 6.62. The molecule has 1 atom stereocenters. The van der Waals surface area contributed by atoms with Crippen LogP contribution in [0.3, 0.4) is 0 Å². The van der Waals surface area contributed by atoms with Crippen LogP contribution in [-0.2, 0) is 11.2 Å². The van der Waals surface area contributed by atoms with E-state index < -0.39 is 0 Å². The van der Waals surface area contributed by atoms with Gasteiger partial charge in [-0.15, -0.1) is 0 Å². The van der Waals surface area contributed by atoms with Crippen LogP contribution < -0.4 is 5.32 Å². The molecule has 134 valence electrons. The predicted molar refractivity (Wildman–Crippen MR) is 105 cm³/mol. The van der Waals surface area contributed by atoms with Crippen molar-refractivity contribution in [2.45, 2.75) is 19.4 Å². The summed E-state index contributed by atoms with van der Waals surface area (Å²) in [6.45, 7) is 2.05. The van der Waals surface area contributed by atoms with E-state index >= 15 is 0 Å². The standard InChI is InChI=1S/C23H20N2O2/c1-16-11-13-18(14-12-16)23(17-7-3-2-4-8-17)24-22(26)15-20-19-9-5-6-10-21(19)27-25-20/h2-14,23H,15H2,1H3,(H,24,26). The van der Waals surface area contributed by atoms with E-state index in [-0.39, 0.29) is 18.4 Å². The molecule has 4 aromatic rings. The van der Waals surface area contributed by atoms with Gasteiger partial charge < -0.3 is 9.84 Å². The Morgan fingerprint density at radius 3 is 2.37 bits per heavy atom. The fourth-order valence-corrected chi connectivity index (χ4v) is 3.19. The molecule has 0 radical (unpaired) electrons. The zero-order valence-corrected chi connectivity index (χ0v) is 15.1. The number of hydrogen-bond donors (Lipinski definition) is 1. The maximum absolute atomic E-state index is 12.8. The lowest BCUT2D eigenvalue weighted by atomic mass is 9.97. The highest BCUT2D eigenvalue weighted by Gasteiger charge is 2.19. The van der Waals surface area contributed by atoms with Gasteiger partial charge >= 0.3 is 0 Å². The number of fused-ring (bicyclic) bond motifs is 1. The van der Waals surface area contributed by atoms with Crippen molar-refractivity contribution in [3.8, 4) is 0 Å². The first-order chi connectivity index (χ1) is 13.2. The topological polar surface area (TPSA) is 55.1 Å². The molecule has 0 saturated heterocycles. The summed E-state index contributed by atoms with van der Waals surface area (Å²) < 4.78 is 5.31. The summed E-state index contributed by atoms with van der Waals surface area (Å²) >= 11 is 0. The monoisotopic (exact) mass is 356 g/mol. The molecular formula is C23H20N2O2. The number of amides is 1. The van der Waals surface area contributed by atoms with Crippen LogP contribution in [0.1, 0.15) is 28.4 Å². The molecule has 1 N–H and O–H groups in total. The van der Waals surface area contributed by atoms with E-state index in [9.17, 15) is 4.79 Å². The second-order valence-corrected chi connectivity index (χ2v) is 6.62. The van der Waals surface area contributed by atoms with Gasteiger partial charge in [-0.1, -0.05) is 77.5 Å². The highest BCUT2D eigenvalue weighted by Crippen LogP contribution is 2.23. The van der Waals surface area contributed by atoms with E-state index in [4.69, 9.17) is 4.52 Å². The Hall–Kier alpha value is -3.40. The third-order valence-corrected chi connectivity index (χ3v) is 4.63. The molecule has 27 heavy (non-hydrogen) atoms. The fraction of sp³-hybridized carbons (Fsp3) is 0.130. The minimum absolute atomic E-state index is 0.0940. The normalized spacial score (nSPS) is 12.0. The van der Waals surface area contributed by atoms with Crippen molar-refractivity contribution in [3.05, 3.63) is 101 Å². The highest BCUT2D eigenvalue weighted by molar-refractivity contribution is 5.86. The van der Waals surface area contributed by atoms with E-state index in [1.807, 2.05) is 54.6 Å². The van der Waals surface area contributed by atoms with Gasteiger partial charge in [-0.2, -0.15) is 0 Å². The van der Waals surface area contributed by atoms with Crippen molar-refractivity contribution < 1.29 is 9.32 Å². The zero-order chi connectivity index (χ0) is 18.6. The maximum atomic E-state index is 12.8. The van der Waals surface area contributed by atoms with Gasteiger partial charge in [-0.05, 0) is 30.2 Å². The lowest BCUT2D eigenvalue weighted by molar-refractivity contribution is -0.121. The number of nitrogens with zero attached hydrogens (tertiary/aromatic N) is 1. The highest BCUT2D eigenvalue weighted by atomic mass is 16.5. The Morgan fingerprint density at radius 2 is 1.59 bits per heavy atom. The summed E-state index contributed by atoms with van der Waals surface area (Å²) in [6, 6.07) is 25.6. The minimum atomic E-state index is -0.211. The molecule has 3 aromatic carbocycles. The SMILES string of the molecule is Cc1ccc(C(NC(=O)Cc2noc3ccccc23)c2ccccc2)cc1. The van der Waals surface area contributed by atoms with Crippen LogP contribution in [0.5, 0.6) is 0 Å². The zero-order valence-electron chi connectivity index (χ0n) is 15.1. The molecule has 0 aliphatic heterocycles.